The summed E-state index contributed by atoms with van der Waals surface area (Å²) in [6.45, 7) is 2.56. The summed E-state index contributed by atoms with van der Waals surface area (Å²) in [5.74, 6) is 0.538. The van der Waals surface area contributed by atoms with Crippen molar-refractivity contribution in [3.63, 3.8) is 0 Å². The van der Waals surface area contributed by atoms with Crippen molar-refractivity contribution in [3.8, 4) is 11.6 Å². The quantitative estimate of drug-likeness (QED) is 0.892. The highest BCUT2D eigenvalue weighted by atomic mass is 16.5. The molecule has 2 rings (SSSR count). The molecule has 5 nitrogen and oxygen atoms in total. The van der Waals surface area contributed by atoms with Gasteiger partial charge in [-0.15, -0.1) is 0 Å². The standard InChI is InChI=1S/C14H16N2O3/c1-2-7-16-8-6-15-13(14(16)18)19-12-5-3-4-11(9-12)10-17/h3-6,8-9,17H,2,7,10H2,1H3. The van der Waals surface area contributed by atoms with E-state index in [4.69, 9.17) is 9.84 Å². The molecule has 0 aliphatic rings. The van der Waals surface area contributed by atoms with Crippen molar-refractivity contribution in [2.75, 3.05) is 0 Å². The van der Waals surface area contributed by atoms with Gasteiger partial charge in [0.2, 0.25) is 0 Å². The molecule has 0 radical (unpaired) electrons. The van der Waals surface area contributed by atoms with Crippen LogP contribution in [0.2, 0.25) is 0 Å². The molecule has 1 aromatic carbocycles. The van der Waals surface area contributed by atoms with Crippen LogP contribution in [0.5, 0.6) is 11.6 Å². The van der Waals surface area contributed by atoms with Crippen LogP contribution in [-0.2, 0) is 13.2 Å². The predicted octanol–water partition coefficient (Wildman–Crippen LogP) is 1.94. The zero-order valence-corrected chi connectivity index (χ0v) is 10.7. The molecule has 0 atom stereocenters. The van der Waals surface area contributed by atoms with Gasteiger partial charge in [0.15, 0.2) is 0 Å². The van der Waals surface area contributed by atoms with E-state index in [-0.39, 0.29) is 18.0 Å². The maximum absolute atomic E-state index is 12.0. The number of benzene rings is 1. The summed E-state index contributed by atoms with van der Waals surface area (Å²) in [6, 6.07) is 6.94. The van der Waals surface area contributed by atoms with Crippen LogP contribution in [0.4, 0.5) is 0 Å². The Hall–Kier alpha value is -2.14. The zero-order valence-electron chi connectivity index (χ0n) is 10.7. The van der Waals surface area contributed by atoms with Crippen molar-refractivity contribution in [1.82, 2.24) is 9.55 Å². The van der Waals surface area contributed by atoms with Crippen molar-refractivity contribution >= 4 is 0 Å². The van der Waals surface area contributed by atoms with Crippen molar-refractivity contribution in [2.24, 2.45) is 0 Å². The van der Waals surface area contributed by atoms with Gasteiger partial charge in [-0.25, -0.2) is 4.98 Å². The minimum Gasteiger partial charge on any atom is -0.435 e. The number of aryl methyl sites for hydroxylation is 1. The Labute approximate surface area is 111 Å². The smallest absolute Gasteiger partial charge is 0.313 e. The number of aliphatic hydroxyl groups is 1. The monoisotopic (exact) mass is 260 g/mol. The normalized spacial score (nSPS) is 10.4. The second-order valence-corrected chi connectivity index (χ2v) is 4.14. The highest BCUT2D eigenvalue weighted by Crippen LogP contribution is 2.17. The maximum Gasteiger partial charge on any atom is 0.313 e. The zero-order chi connectivity index (χ0) is 13.7. The lowest BCUT2D eigenvalue weighted by Gasteiger charge is -2.08. The molecule has 1 N–H and O–H groups in total. The van der Waals surface area contributed by atoms with Gasteiger partial charge in [-0.2, -0.15) is 0 Å². The second kappa shape index (κ2) is 6.15. The fourth-order valence-electron chi connectivity index (χ4n) is 1.73. The SMILES string of the molecule is CCCn1ccnc(Oc2cccc(CO)c2)c1=O. The molecule has 0 amide bonds. The Morgan fingerprint density at radius 3 is 3.00 bits per heavy atom. The molecule has 0 fully saturated rings. The first kappa shape index (κ1) is 13.3. The van der Waals surface area contributed by atoms with E-state index in [0.717, 1.165) is 12.0 Å². The summed E-state index contributed by atoms with van der Waals surface area (Å²) < 4.78 is 7.05. The number of rotatable bonds is 5. The Kier molecular flexibility index (Phi) is 4.30. The van der Waals surface area contributed by atoms with Crippen LogP contribution in [0, 0.1) is 0 Å². The van der Waals surface area contributed by atoms with Crippen LogP contribution in [0.3, 0.4) is 0 Å². The van der Waals surface area contributed by atoms with E-state index in [1.165, 1.54) is 0 Å². The van der Waals surface area contributed by atoms with E-state index in [9.17, 15) is 4.79 Å². The van der Waals surface area contributed by atoms with E-state index < -0.39 is 0 Å². The van der Waals surface area contributed by atoms with E-state index in [2.05, 4.69) is 4.98 Å². The lowest BCUT2D eigenvalue weighted by atomic mass is 10.2. The van der Waals surface area contributed by atoms with Crippen molar-refractivity contribution in [1.29, 1.82) is 0 Å². The molecule has 1 heterocycles. The topological polar surface area (TPSA) is 64.3 Å². The van der Waals surface area contributed by atoms with Crippen LogP contribution in [0.15, 0.2) is 41.5 Å². The Morgan fingerprint density at radius 2 is 2.26 bits per heavy atom. The second-order valence-electron chi connectivity index (χ2n) is 4.14. The molecule has 1 aromatic heterocycles. The van der Waals surface area contributed by atoms with E-state index in [1.54, 1.807) is 41.2 Å². The number of nitrogens with zero attached hydrogens (tertiary/aromatic N) is 2. The summed E-state index contributed by atoms with van der Waals surface area (Å²) in [4.78, 5) is 16.0. The van der Waals surface area contributed by atoms with Gasteiger partial charge in [0.05, 0.1) is 6.61 Å². The molecule has 5 heteroatoms. The van der Waals surface area contributed by atoms with Gasteiger partial charge in [-0.1, -0.05) is 19.1 Å². The highest BCUT2D eigenvalue weighted by Gasteiger charge is 2.07. The molecule has 0 aliphatic heterocycles. The molecule has 0 saturated heterocycles. The van der Waals surface area contributed by atoms with Gasteiger partial charge in [-0.05, 0) is 24.1 Å². The van der Waals surface area contributed by atoms with Gasteiger partial charge in [-0.3, -0.25) is 4.79 Å². The minimum atomic E-state index is -0.251. The van der Waals surface area contributed by atoms with Crippen LogP contribution in [0.25, 0.3) is 0 Å². The molecule has 0 aliphatic carbocycles. The molecule has 100 valence electrons. The Bertz CT molecular complexity index is 608. The van der Waals surface area contributed by atoms with Gasteiger partial charge in [0, 0.05) is 18.9 Å². The van der Waals surface area contributed by atoms with Gasteiger partial charge < -0.3 is 14.4 Å². The van der Waals surface area contributed by atoms with Crippen molar-refractivity contribution in [3.05, 3.63) is 52.6 Å². The predicted molar refractivity (Wildman–Crippen MR) is 71.2 cm³/mol. The summed E-state index contributed by atoms with van der Waals surface area (Å²) in [5.41, 5.74) is 0.473. The lowest BCUT2D eigenvalue weighted by molar-refractivity contribution is 0.281. The summed E-state index contributed by atoms with van der Waals surface area (Å²) in [5, 5.41) is 9.06. The number of ether oxygens (including phenoxy) is 1. The summed E-state index contributed by atoms with van der Waals surface area (Å²) in [7, 11) is 0. The molecule has 0 spiro atoms. The van der Waals surface area contributed by atoms with Crippen LogP contribution in [0.1, 0.15) is 18.9 Å². The first-order valence-electron chi connectivity index (χ1n) is 6.17. The third-order valence-corrected chi connectivity index (χ3v) is 2.64. The lowest BCUT2D eigenvalue weighted by Crippen LogP contribution is -2.21. The Morgan fingerprint density at radius 1 is 1.42 bits per heavy atom. The van der Waals surface area contributed by atoms with Gasteiger partial charge in [0.25, 0.3) is 5.88 Å². The third kappa shape index (κ3) is 3.20. The molecule has 0 saturated carbocycles. The number of aliphatic hydroxyl groups excluding tert-OH is 1. The fraction of sp³-hybridized carbons (Fsp3) is 0.286. The molecular weight excluding hydrogens is 244 g/mol. The summed E-state index contributed by atoms with van der Waals surface area (Å²) >= 11 is 0. The van der Waals surface area contributed by atoms with E-state index in [1.807, 2.05) is 6.92 Å². The average Bonchev–Trinajstić information content (AvgIpc) is 2.44. The van der Waals surface area contributed by atoms with Crippen molar-refractivity contribution in [2.45, 2.75) is 26.5 Å². The highest BCUT2D eigenvalue weighted by molar-refractivity contribution is 5.30. The molecule has 19 heavy (non-hydrogen) atoms. The fourth-order valence-corrected chi connectivity index (χ4v) is 1.73. The molecular formula is C14H16N2O3. The van der Waals surface area contributed by atoms with Crippen LogP contribution in [-0.4, -0.2) is 14.7 Å². The van der Waals surface area contributed by atoms with Gasteiger partial charge in [0.1, 0.15) is 5.75 Å². The number of aromatic nitrogens is 2. The van der Waals surface area contributed by atoms with Gasteiger partial charge >= 0.3 is 5.56 Å². The average molecular weight is 260 g/mol. The first-order valence-corrected chi connectivity index (χ1v) is 6.17. The number of hydrogen-bond donors (Lipinski definition) is 1. The van der Waals surface area contributed by atoms with Crippen LogP contribution < -0.4 is 10.3 Å². The van der Waals surface area contributed by atoms with E-state index in [0.29, 0.717) is 12.3 Å². The number of hydrogen-bond acceptors (Lipinski definition) is 4. The minimum absolute atomic E-state index is 0.0473. The molecule has 0 bridgehead atoms. The molecule has 2 aromatic rings. The first-order chi connectivity index (χ1) is 9.24. The Balaban J connectivity index is 2.27. The van der Waals surface area contributed by atoms with Crippen LogP contribution >= 0.6 is 0 Å². The summed E-state index contributed by atoms with van der Waals surface area (Å²) in [6.07, 6.45) is 4.05. The maximum atomic E-state index is 12.0. The van der Waals surface area contributed by atoms with E-state index >= 15 is 0 Å². The third-order valence-electron chi connectivity index (χ3n) is 2.64. The van der Waals surface area contributed by atoms with Crippen molar-refractivity contribution < 1.29 is 9.84 Å². The largest absolute Gasteiger partial charge is 0.435 e. The molecule has 0 unspecified atom stereocenters.